The maximum Gasteiger partial charge on any atom is 0.173 e. The topological polar surface area (TPSA) is 38.3 Å². The molecular formula is C14H16BrNO2. The first-order valence-electron chi connectivity index (χ1n) is 6.36. The van der Waals surface area contributed by atoms with E-state index < -0.39 is 0 Å². The summed E-state index contributed by atoms with van der Waals surface area (Å²) in [4.78, 5) is 12.5. The molecule has 0 saturated carbocycles. The Bertz CT molecular complexity index is 495. The highest BCUT2D eigenvalue weighted by molar-refractivity contribution is 9.10. The summed E-state index contributed by atoms with van der Waals surface area (Å²) in [6.07, 6.45) is 1.80. The number of piperidine rings is 1. The van der Waals surface area contributed by atoms with E-state index in [0.29, 0.717) is 5.56 Å². The third-order valence-corrected chi connectivity index (χ3v) is 4.65. The van der Waals surface area contributed by atoms with Crippen molar-refractivity contribution in [2.75, 3.05) is 13.1 Å². The number of nitrogens with one attached hydrogen (secondary N) is 1. The number of fused-ring (bicyclic) bond motifs is 1. The summed E-state index contributed by atoms with van der Waals surface area (Å²) in [7, 11) is 0. The minimum atomic E-state index is -0.302. The number of carbonyl (C=O) groups excluding carboxylic acids is 1. The average Bonchev–Trinajstić information content (AvgIpc) is 2.39. The Morgan fingerprint density at radius 1 is 1.39 bits per heavy atom. The predicted octanol–water partition coefficient (Wildman–Crippen LogP) is 2.78. The van der Waals surface area contributed by atoms with Crippen LogP contribution in [0.25, 0.3) is 0 Å². The molecule has 3 nitrogen and oxygen atoms in total. The zero-order valence-electron chi connectivity index (χ0n) is 10.3. The van der Waals surface area contributed by atoms with Gasteiger partial charge in [0.1, 0.15) is 11.4 Å². The SMILES string of the molecule is CC1C(=O)c2cc(Br)ccc2OC12CCNCC2. The van der Waals surface area contributed by atoms with Crippen molar-refractivity contribution in [3.05, 3.63) is 28.2 Å². The van der Waals surface area contributed by atoms with Crippen LogP contribution in [-0.4, -0.2) is 24.5 Å². The molecule has 3 rings (SSSR count). The molecule has 1 saturated heterocycles. The molecule has 4 heteroatoms. The summed E-state index contributed by atoms with van der Waals surface area (Å²) < 4.78 is 7.14. The van der Waals surface area contributed by atoms with Crippen LogP contribution < -0.4 is 10.1 Å². The van der Waals surface area contributed by atoms with Crippen LogP contribution in [0.5, 0.6) is 5.75 Å². The number of hydrogen-bond donors (Lipinski definition) is 1. The number of ether oxygens (including phenoxy) is 1. The van der Waals surface area contributed by atoms with Gasteiger partial charge in [-0.2, -0.15) is 0 Å². The summed E-state index contributed by atoms with van der Waals surface area (Å²) >= 11 is 3.41. The second kappa shape index (κ2) is 4.35. The van der Waals surface area contributed by atoms with Crippen LogP contribution in [0.2, 0.25) is 0 Å². The third-order valence-electron chi connectivity index (χ3n) is 4.15. The van der Waals surface area contributed by atoms with E-state index in [1.54, 1.807) is 0 Å². The van der Waals surface area contributed by atoms with Gasteiger partial charge in [0.2, 0.25) is 0 Å². The fourth-order valence-corrected chi connectivity index (χ4v) is 3.31. The van der Waals surface area contributed by atoms with Crippen LogP contribution in [0, 0.1) is 5.92 Å². The number of hydrogen-bond acceptors (Lipinski definition) is 3. The van der Waals surface area contributed by atoms with Crippen molar-refractivity contribution in [2.45, 2.75) is 25.4 Å². The van der Waals surface area contributed by atoms with E-state index in [4.69, 9.17) is 4.74 Å². The van der Waals surface area contributed by atoms with Crippen LogP contribution in [0.3, 0.4) is 0 Å². The number of halogens is 1. The molecule has 2 aliphatic rings. The summed E-state index contributed by atoms with van der Waals surface area (Å²) in [5.41, 5.74) is 0.407. The standard InChI is InChI=1S/C14H16BrNO2/c1-9-13(17)11-8-10(15)2-3-12(11)18-14(9)4-6-16-7-5-14/h2-3,8-9,16H,4-7H2,1H3. The van der Waals surface area contributed by atoms with Gasteiger partial charge >= 0.3 is 0 Å². The molecule has 1 spiro atoms. The van der Waals surface area contributed by atoms with Gasteiger partial charge in [0.25, 0.3) is 0 Å². The Kier molecular flexibility index (Phi) is 2.94. The molecule has 96 valence electrons. The Morgan fingerprint density at radius 2 is 2.11 bits per heavy atom. The van der Waals surface area contributed by atoms with Crippen molar-refractivity contribution in [2.24, 2.45) is 5.92 Å². The molecule has 0 amide bonds. The number of ketones is 1. The minimum absolute atomic E-state index is 0.0681. The zero-order valence-corrected chi connectivity index (χ0v) is 11.9. The van der Waals surface area contributed by atoms with Gasteiger partial charge in [0, 0.05) is 17.3 Å². The van der Waals surface area contributed by atoms with Crippen LogP contribution in [0.1, 0.15) is 30.1 Å². The van der Waals surface area contributed by atoms with Crippen molar-refractivity contribution in [3.63, 3.8) is 0 Å². The van der Waals surface area contributed by atoms with Gasteiger partial charge in [-0.05, 0) is 31.3 Å². The molecule has 1 unspecified atom stereocenters. The molecule has 0 bridgehead atoms. The molecule has 0 aliphatic carbocycles. The molecule has 1 aromatic carbocycles. The quantitative estimate of drug-likeness (QED) is 0.801. The number of carbonyl (C=O) groups is 1. The lowest BCUT2D eigenvalue weighted by molar-refractivity contribution is -0.0152. The summed E-state index contributed by atoms with van der Waals surface area (Å²) in [6.45, 7) is 3.84. The minimum Gasteiger partial charge on any atom is -0.486 e. The molecule has 1 atom stereocenters. The van der Waals surface area contributed by atoms with E-state index >= 15 is 0 Å². The number of rotatable bonds is 0. The summed E-state index contributed by atoms with van der Waals surface area (Å²) in [5, 5.41) is 3.33. The Hall–Kier alpha value is -0.870. The van der Waals surface area contributed by atoms with Gasteiger partial charge in [-0.1, -0.05) is 22.9 Å². The summed E-state index contributed by atoms with van der Waals surface area (Å²) in [5.74, 6) is 0.879. The largest absolute Gasteiger partial charge is 0.486 e. The van der Waals surface area contributed by atoms with Crippen LogP contribution in [0.4, 0.5) is 0 Å². The predicted molar refractivity (Wildman–Crippen MR) is 73.1 cm³/mol. The third kappa shape index (κ3) is 1.79. The van der Waals surface area contributed by atoms with Gasteiger partial charge in [-0.15, -0.1) is 0 Å². The molecule has 2 heterocycles. The highest BCUT2D eigenvalue weighted by atomic mass is 79.9. The van der Waals surface area contributed by atoms with Crippen molar-refractivity contribution >= 4 is 21.7 Å². The van der Waals surface area contributed by atoms with Crippen molar-refractivity contribution in [3.8, 4) is 5.75 Å². The highest BCUT2D eigenvalue weighted by Gasteiger charge is 2.47. The average molecular weight is 310 g/mol. The lowest BCUT2D eigenvalue weighted by Crippen LogP contribution is -2.55. The number of Topliss-reactive ketones (excluding diaryl/α,β-unsaturated/α-hetero) is 1. The van der Waals surface area contributed by atoms with Crippen LogP contribution in [0.15, 0.2) is 22.7 Å². The monoisotopic (exact) mass is 309 g/mol. The van der Waals surface area contributed by atoms with Crippen LogP contribution in [-0.2, 0) is 0 Å². The molecule has 0 aromatic heterocycles. The fourth-order valence-electron chi connectivity index (χ4n) is 2.95. The summed E-state index contributed by atoms with van der Waals surface area (Å²) in [6, 6.07) is 5.69. The van der Waals surface area contributed by atoms with Crippen molar-refractivity contribution in [1.82, 2.24) is 5.32 Å². The van der Waals surface area contributed by atoms with Crippen LogP contribution >= 0.6 is 15.9 Å². The first-order valence-corrected chi connectivity index (χ1v) is 7.15. The van der Waals surface area contributed by atoms with Crippen molar-refractivity contribution in [1.29, 1.82) is 0 Å². The normalized spacial score (nSPS) is 25.7. The smallest absolute Gasteiger partial charge is 0.173 e. The van der Waals surface area contributed by atoms with Gasteiger partial charge < -0.3 is 10.1 Å². The van der Waals surface area contributed by atoms with E-state index in [1.165, 1.54) is 0 Å². The molecular weight excluding hydrogens is 294 g/mol. The molecule has 0 radical (unpaired) electrons. The van der Waals surface area contributed by atoms with E-state index in [0.717, 1.165) is 36.2 Å². The Labute approximate surface area is 115 Å². The van der Waals surface area contributed by atoms with E-state index in [-0.39, 0.29) is 17.3 Å². The maximum absolute atomic E-state index is 12.5. The molecule has 1 fully saturated rings. The van der Waals surface area contributed by atoms with Gasteiger partial charge in [0.15, 0.2) is 5.78 Å². The van der Waals surface area contributed by atoms with Gasteiger partial charge in [-0.25, -0.2) is 0 Å². The van der Waals surface area contributed by atoms with Gasteiger partial charge in [0.05, 0.1) is 11.5 Å². The Morgan fingerprint density at radius 3 is 2.83 bits per heavy atom. The highest BCUT2D eigenvalue weighted by Crippen LogP contribution is 2.42. The molecule has 18 heavy (non-hydrogen) atoms. The second-order valence-electron chi connectivity index (χ2n) is 5.14. The van der Waals surface area contributed by atoms with Crippen molar-refractivity contribution < 1.29 is 9.53 Å². The van der Waals surface area contributed by atoms with E-state index in [9.17, 15) is 4.79 Å². The fraction of sp³-hybridized carbons (Fsp3) is 0.500. The first-order chi connectivity index (χ1) is 8.62. The van der Waals surface area contributed by atoms with Gasteiger partial charge in [-0.3, -0.25) is 4.79 Å². The molecule has 1 aromatic rings. The lowest BCUT2D eigenvalue weighted by atomic mass is 9.75. The first kappa shape index (κ1) is 12.2. The van der Waals surface area contributed by atoms with E-state index in [1.807, 2.05) is 25.1 Å². The zero-order chi connectivity index (χ0) is 12.8. The molecule has 1 N–H and O–H groups in total. The molecule has 2 aliphatic heterocycles. The Balaban J connectivity index is 2.04. The number of benzene rings is 1. The lowest BCUT2D eigenvalue weighted by Gasteiger charge is -2.45. The maximum atomic E-state index is 12.5. The van der Waals surface area contributed by atoms with E-state index in [2.05, 4.69) is 21.2 Å². The second-order valence-corrected chi connectivity index (χ2v) is 6.06.